The minimum atomic E-state index is -4.68. The Bertz CT molecular complexity index is 743. The predicted octanol–water partition coefficient (Wildman–Crippen LogP) is 2.63. The summed E-state index contributed by atoms with van der Waals surface area (Å²) < 4.78 is 41.1. The van der Waals surface area contributed by atoms with Gasteiger partial charge in [0.1, 0.15) is 12.2 Å². The first kappa shape index (κ1) is 15.3. The van der Waals surface area contributed by atoms with E-state index in [0.717, 1.165) is 18.0 Å². The molecule has 10 heteroatoms. The third-order valence-corrected chi connectivity index (χ3v) is 3.68. The molecule has 23 heavy (non-hydrogen) atoms. The van der Waals surface area contributed by atoms with Crippen LogP contribution in [0.1, 0.15) is 17.8 Å². The molecule has 0 amide bonds. The first-order valence-corrected chi connectivity index (χ1v) is 6.83. The Hall–Kier alpha value is -2.65. The summed E-state index contributed by atoms with van der Waals surface area (Å²) in [4.78, 5) is 13.9. The number of hydrogen-bond acceptors (Lipinski definition) is 5. The quantitative estimate of drug-likeness (QED) is 0.692. The average molecular weight is 327 g/mol. The standard InChI is InChI=1S/C13H12F3N5O2/c14-13(15,16)10-5-9(21(22)23)2-3-11(10)19-8-1-4-12-17-7-18-20(12)6-8/h2-3,5,7-8,19H,1,4,6H2. The van der Waals surface area contributed by atoms with Crippen molar-refractivity contribution >= 4 is 11.4 Å². The van der Waals surface area contributed by atoms with Crippen LogP contribution in [0, 0.1) is 10.1 Å². The molecule has 0 saturated heterocycles. The largest absolute Gasteiger partial charge is 0.418 e. The highest BCUT2D eigenvalue weighted by Crippen LogP contribution is 2.37. The second kappa shape index (κ2) is 5.52. The number of non-ortho nitro benzene ring substituents is 1. The van der Waals surface area contributed by atoms with E-state index in [1.54, 1.807) is 4.68 Å². The molecule has 1 aliphatic heterocycles. The van der Waals surface area contributed by atoms with Crippen molar-refractivity contribution in [2.45, 2.75) is 31.6 Å². The van der Waals surface area contributed by atoms with Crippen molar-refractivity contribution in [3.8, 4) is 0 Å². The van der Waals surface area contributed by atoms with Gasteiger partial charge in [-0.3, -0.25) is 10.1 Å². The van der Waals surface area contributed by atoms with Crippen LogP contribution in [-0.2, 0) is 19.1 Å². The van der Waals surface area contributed by atoms with Gasteiger partial charge in [-0.15, -0.1) is 0 Å². The molecule has 2 heterocycles. The summed E-state index contributed by atoms with van der Waals surface area (Å²) in [6.07, 6.45) is -2.06. The van der Waals surface area contributed by atoms with Gasteiger partial charge in [-0.2, -0.15) is 18.3 Å². The minimum Gasteiger partial charge on any atom is -0.380 e. The van der Waals surface area contributed by atoms with Gasteiger partial charge in [-0.05, 0) is 12.5 Å². The molecule has 1 aliphatic rings. The first-order valence-electron chi connectivity index (χ1n) is 6.83. The third kappa shape index (κ3) is 3.10. The zero-order valence-electron chi connectivity index (χ0n) is 11.7. The lowest BCUT2D eigenvalue weighted by atomic mass is 10.1. The van der Waals surface area contributed by atoms with E-state index in [1.807, 2.05) is 0 Å². The summed E-state index contributed by atoms with van der Waals surface area (Å²) >= 11 is 0. The number of hydrogen-bond donors (Lipinski definition) is 1. The summed E-state index contributed by atoms with van der Waals surface area (Å²) in [7, 11) is 0. The topological polar surface area (TPSA) is 85.9 Å². The maximum absolute atomic E-state index is 13.1. The highest BCUT2D eigenvalue weighted by Gasteiger charge is 2.36. The molecule has 0 radical (unpaired) electrons. The summed E-state index contributed by atoms with van der Waals surface area (Å²) in [6, 6.07) is 2.44. The van der Waals surface area contributed by atoms with Crippen LogP contribution in [0.5, 0.6) is 0 Å². The van der Waals surface area contributed by atoms with Crippen molar-refractivity contribution < 1.29 is 18.1 Å². The van der Waals surface area contributed by atoms with Crippen LogP contribution < -0.4 is 5.32 Å². The van der Waals surface area contributed by atoms with Gasteiger partial charge in [0, 0.05) is 30.3 Å². The number of benzene rings is 1. The van der Waals surface area contributed by atoms with Gasteiger partial charge in [-0.1, -0.05) is 0 Å². The summed E-state index contributed by atoms with van der Waals surface area (Å²) in [5.74, 6) is 0.794. The Kier molecular flexibility index (Phi) is 3.66. The van der Waals surface area contributed by atoms with Gasteiger partial charge < -0.3 is 5.32 Å². The van der Waals surface area contributed by atoms with Crippen LogP contribution in [0.2, 0.25) is 0 Å². The molecule has 1 aromatic carbocycles. The lowest BCUT2D eigenvalue weighted by molar-refractivity contribution is -0.385. The average Bonchev–Trinajstić information content (AvgIpc) is 2.93. The van der Waals surface area contributed by atoms with Gasteiger partial charge in [0.05, 0.1) is 17.0 Å². The number of nitro benzene ring substituents is 1. The van der Waals surface area contributed by atoms with Crippen molar-refractivity contribution in [3.05, 3.63) is 46.0 Å². The zero-order valence-corrected chi connectivity index (χ0v) is 11.7. The number of alkyl halides is 3. The van der Waals surface area contributed by atoms with Gasteiger partial charge >= 0.3 is 6.18 Å². The van der Waals surface area contributed by atoms with Gasteiger partial charge in [0.15, 0.2) is 0 Å². The lowest BCUT2D eigenvalue weighted by Crippen LogP contribution is -2.32. The van der Waals surface area contributed by atoms with Crippen molar-refractivity contribution in [2.75, 3.05) is 5.32 Å². The van der Waals surface area contributed by atoms with E-state index in [0.29, 0.717) is 25.5 Å². The number of halogens is 3. The number of fused-ring (bicyclic) bond motifs is 1. The fourth-order valence-electron chi connectivity index (χ4n) is 2.58. The Morgan fingerprint density at radius 3 is 2.87 bits per heavy atom. The number of anilines is 1. The van der Waals surface area contributed by atoms with Crippen LogP contribution in [0.4, 0.5) is 24.5 Å². The van der Waals surface area contributed by atoms with E-state index in [9.17, 15) is 23.3 Å². The van der Waals surface area contributed by atoms with Crippen molar-refractivity contribution in [1.29, 1.82) is 0 Å². The molecule has 0 fully saturated rings. The predicted molar refractivity (Wildman–Crippen MR) is 73.9 cm³/mol. The van der Waals surface area contributed by atoms with Crippen molar-refractivity contribution in [2.24, 2.45) is 0 Å². The van der Waals surface area contributed by atoms with E-state index in [1.165, 1.54) is 6.33 Å². The van der Waals surface area contributed by atoms with Gasteiger partial charge in [0.25, 0.3) is 5.69 Å². The third-order valence-electron chi connectivity index (χ3n) is 3.68. The molecule has 1 aromatic heterocycles. The molecule has 7 nitrogen and oxygen atoms in total. The van der Waals surface area contributed by atoms with E-state index < -0.39 is 22.4 Å². The van der Waals surface area contributed by atoms with Crippen LogP contribution in [-0.4, -0.2) is 25.7 Å². The zero-order chi connectivity index (χ0) is 16.6. The van der Waals surface area contributed by atoms with Crippen LogP contribution in [0.25, 0.3) is 0 Å². The molecule has 122 valence electrons. The molecule has 3 rings (SSSR count). The number of nitro groups is 1. The van der Waals surface area contributed by atoms with Crippen molar-refractivity contribution in [3.63, 3.8) is 0 Å². The fourth-order valence-corrected chi connectivity index (χ4v) is 2.58. The lowest BCUT2D eigenvalue weighted by Gasteiger charge is -2.26. The van der Waals surface area contributed by atoms with Crippen LogP contribution in [0.3, 0.4) is 0 Å². The molecule has 0 aliphatic carbocycles. The smallest absolute Gasteiger partial charge is 0.380 e. The Morgan fingerprint density at radius 2 is 2.17 bits per heavy atom. The maximum atomic E-state index is 13.1. The Labute approximate surface area is 128 Å². The van der Waals surface area contributed by atoms with E-state index in [2.05, 4.69) is 15.4 Å². The fraction of sp³-hybridized carbons (Fsp3) is 0.385. The molecular weight excluding hydrogens is 315 g/mol. The Balaban J connectivity index is 1.87. The summed E-state index contributed by atoms with van der Waals surface area (Å²) in [5.41, 5.74) is -1.81. The number of aromatic nitrogens is 3. The highest BCUT2D eigenvalue weighted by molar-refractivity contribution is 5.58. The van der Waals surface area contributed by atoms with Crippen LogP contribution in [0.15, 0.2) is 24.5 Å². The van der Waals surface area contributed by atoms with Crippen molar-refractivity contribution in [1.82, 2.24) is 14.8 Å². The van der Waals surface area contributed by atoms with E-state index >= 15 is 0 Å². The number of rotatable bonds is 3. The van der Waals surface area contributed by atoms with Crippen LogP contribution >= 0.6 is 0 Å². The number of nitrogens with one attached hydrogen (secondary N) is 1. The first-order chi connectivity index (χ1) is 10.8. The molecule has 1 atom stereocenters. The second-order valence-electron chi connectivity index (χ2n) is 5.22. The molecule has 1 N–H and O–H groups in total. The molecule has 0 spiro atoms. The maximum Gasteiger partial charge on any atom is 0.418 e. The van der Waals surface area contributed by atoms with E-state index in [4.69, 9.17) is 0 Å². The molecular formula is C13H12F3N5O2. The molecule has 1 unspecified atom stereocenters. The Morgan fingerprint density at radius 1 is 1.39 bits per heavy atom. The SMILES string of the molecule is O=[N+]([O-])c1ccc(NC2CCc3ncnn3C2)c(C(F)(F)F)c1. The summed E-state index contributed by atoms with van der Waals surface area (Å²) in [6.45, 7) is 0.392. The van der Waals surface area contributed by atoms with Gasteiger partial charge in [-0.25, -0.2) is 9.67 Å². The number of aryl methyl sites for hydroxylation is 1. The monoisotopic (exact) mass is 327 g/mol. The second-order valence-corrected chi connectivity index (χ2v) is 5.22. The minimum absolute atomic E-state index is 0.170. The number of nitrogens with zero attached hydrogens (tertiary/aromatic N) is 4. The van der Waals surface area contributed by atoms with Gasteiger partial charge in [0.2, 0.25) is 0 Å². The molecule has 2 aromatic rings. The highest BCUT2D eigenvalue weighted by atomic mass is 19.4. The molecule has 0 bridgehead atoms. The normalized spacial score (nSPS) is 17.6. The summed E-state index contributed by atoms with van der Waals surface area (Å²) in [5, 5.41) is 17.5. The van der Waals surface area contributed by atoms with E-state index in [-0.39, 0.29) is 11.7 Å². The molecule has 0 saturated carbocycles.